The van der Waals surface area contributed by atoms with Crippen molar-refractivity contribution in [1.29, 1.82) is 0 Å². The number of carboxylic acids is 1. The van der Waals surface area contributed by atoms with Gasteiger partial charge in [0, 0.05) is 13.1 Å². The van der Waals surface area contributed by atoms with Crippen molar-refractivity contribution in [3.8, 4) is 0 Å². The molecule has 0 spiro atoms. The molecule has 6 nitrogen and oxygen atoms in total. The van der Waals surface area contributed by atoms with E-state index in [2.05, 4.69) is 4.72 Å². The molecule has 7 heteroatoms. The van der Waals surface area contributed by atoms with Crippen LogP contribution in [0.4, 0.5) is 0 Å². The fraction of sp³-hybridized carbons (Fsp3) is 0.889. The first kappa shape index (κ1) is 15.3. The second kappa shape index (κ2) is 6.82. The number of aliphatic carboxylic acids is 1. The molecule has 2 N–H and O–H groups in total. The Balaban J connectivity index is 4.65. The van der Waals surface area contributed by atoms with Crippen molar-refractivity contribution in [3.63, 3.8) is 0 Å². The molecule has 96 valence electrons. The van der Waals surface area contributed by atoms with Crippen LogP contribution in [-0.4, -0.2) is 42.9 Å². The molecule has 0 aliphatic rings. The zero-order valence-corrected chi connectivity index (χ0v) is 10.7. The lowest BCUT2D eigenvalue weighted by molar-refractivity contribution is -0.138. The highest BCUT2D eigenvalue weighted by Gasteiger charge is 2.25. The number of nitrogens with one attached hydrogen (secondary N) is 1. The smallest absolute Gasteiger partial charge is 0.321 e. The monoisotopic (exact) mass is 252 g/mol. The Kier molecular flexibility index (Phi) is 6.54. The van der Waals surface area contributed by atoms with Gasteiger partial charge >= 0.3 is 5.97 Å². The van der Waals surface area contributed by atoms with E-state index in [-0.39, 0.29) is 0 Å². The molecule has 0 rings (SSSR count). The minimum absolute atomic E-state index is 0.398. The maximum absolute atomic E-state index is 11.8. The van der Waals surface area contributed by atoms with Crippen LogP contribution < -0.4 is 4.72 Å². The number of carbonyl (C=O) groups is 1. The lowest BCUT2D eigenvalue weighted by Gasteiger charge is -2.22. The summed E-state index contributed by atoms with van der Waals surface area (Å²) in [5, 5.41) is 8.64. The van der Waals surface area contributed by atoms with E-state index in [0.29, 0.717) is 25.9 Å². The molecule has 0 heterocycles. The van der Waals surface area contributed by atoms with E-state index in [9.17, 15) is 13.2 Å². The normalized spacial score (nSPS) is 14.0. The Hall–Kier alpha value is -0.660. The maximum Gasteiger partial charge on any atom is 0.321 e. The van der Waals surface area contributed by atoms with Crippen LogP contribution in [0.15, 0.2) is 0 Å². The van der Waals surface area contributed by atoms with E-state index in [1.165, 1.54) is 11.2 Å². The Labute approximate surface area is 96.8 Å². The van der Waals surface area contributed by atoms with Crippen molar-refractivity contribution < 1.29 is 18.3 Å². The Morgan fingerprint density at radius 3 is 2.06 bits per heavy atom. The van der Waals surface area contributed by atoms with Gasteiger partial charge in [0.2, 0.25) is 0 Å². The molecule has 16 heavy (non-hydrogen) atoms. The molecule has 0 saturated heterocycles. The van der Waals surface area contributed by atoms with Crippen molar-refractivity contribution in [2.24, 2.45) is 0 Å². The molecule has 0 aliphatic heterocycles. The van der Waals surface area contributed by atoms with Crippen molar-refractivity contribution >= 4 is 16.2 Å². The molecular weight excluding hydrogens is 232 g/mol. The lowest BCUT2D eigenvalue weighted by atomic mass is 10.4. The third-order valence-electron chi connectivity index (χ3n) is 1.98. The number of nitrogens with zero attached hydrogens (tertiary/aromatic N) is 1. The van der Waals surface area contributed by atoms with E-state index in [1.807, 2.05) is 13.8 Å². The number of hydrogen-bond acceptors (Lipinski definition) is 3. The molecule has 0 saturated carbocycles. The van der Waals surface area contributed by atoms with Gasteiger partial charge in [0.25, 0.3) is 10.2 Å². The van der Waals surface area contributed by atoms with Crippen LogP contribution in [0.1, 0.15) is 33.6 Å². The van der Waals surface area contributed by atoms with Crippen molar-refractivity contribution in [1.82, 2.24) is 9.03 Å². The van der Waals surface area contributed by atoms with Crippen LogP contribution in [0.2, 0.25) is 0 Å². The van der Waals surface area contributed by atoms with Crippen LogP contribution in [0, 0.1) is 0 Å². The SMILES string of the molecule is CCCN(CCC)S(=O)(=O)N[C@H](C)C(=O)O. The second-order valence-corrected chi connectivity index (χ2v) is 5.28. The van der Waals surface area contributed by atoms with Crippen LogP contribution >= 0.6 is 0 Å². The van der Waals surface area contributed by atoms with Gasteiger partial charge in [-0.25, -0.2) is 0 Å². The summed E-state index contributed by atoms with van der Waals surface area (Å²) in [5.74, 6) is -1.18. The van der Waals surface area contributed by atoms with E-state index in [0.717, 1.165) is 0 Å². The Bertz CT molecular complexity index is 309. The summed E-state index contributed by atoms with van der Waals surface area (Å²) in [7, 11) is -3.69. The number of carboxylic acid groups (broad SMARTS) is 1. The standard InChI is InChI=1S/C9H20N2O4S/c1-4-6-11(7-5-2)16(14,15)10-8(3)9(12)13/h8,10H,4-7H2,1-3H3,(H,12,13)/t8-/m1/s1. The average Bonchev–Trinajstić information content (AvgIpc) is 2.16. The molecule has 0 aromatic rings. The second-order valence-electron chi connectivity index (χ2n) is 3.58. The van der Waals surface area contributed by atoms with Gasteiger partial charge in [-0.15, -0.1) is 0 Å². The predicted octanol–water partition coefficient (Wildman–Crippen LogP) is 0.416. The van der Waals surface area contributed by atoms with Gasteiger partial charge in [0.05, 0.1) is 0 Å². The zero-order chi connectivity index (χ0) is 12.8. The van der Waals surface area contributed by atoms with Gasteiger partial charge in [0.15, 0.2) is 0 Å². The third kappa shape index (κ3) is 4.91. The van der Waals surface area contributed by atoms with Crippen LogP contribution in [0.3, 0.4) is 0 Å². The summed E-state index contributed by atoms with van der Waals surface area (Å²) in [4.78, 5) is 10.6. The van der Waals surface area contributed by atoms with Crippen molar-refractivity contribution in [2.45, 2.75) is 39.7 Å². The average molecular weight is 252 g/mol. The summed E-state index contributed by atoms with van der Waals surface area (Å²) in [6, 6.07) is -1.11. The van der Waals surface area contributed by atoms with E-state index < -0.39 is 22.2 Å². The molecule has 1 atom stereocenters. The quantitative estimate of drug-likeness (QED) is 0.655. The summed E-state index contributed by atoms with van der Waals surface area (Å²) < 4.78 is 26.9. The fourth-order valence-corrected chi connectivity index (χ4v) is 2.74. The first-order valence-corrected chi connectivity index (χ1v) is 6.79. The maximum atomic E-state index is 11.8. The van der Waals surface area contributed by atoms with Crippen molar-refractivity contribution in [3.05, 3.63) is 0 Å². The molecule has 0 bridgehead atoms. The Morgan fingerprint density at radius 2 is 1.75 bits per heavy atom. The largest absolute Gasteiger partial charge is 0.480 e. The Morgan fingerprint density at radius 1 is 1.31 bits per heavy atom. The minimum Gasteiger partial charge on any atom is -0.480 e. The molecule has 0 aliphatic carbocycles. The molecule has 0 aromatic carbocycles. The molecule has 0 unspecified atom stereocenters. The molecule has 0 amide bonds. The summed E-state index contributed by atoms with van der Waals surface area (Å²) in [6.45, 7) is 5.85. The minimum atomic E-state index is -3.69. The molecular formula is C9H20N2O4S. The molecule has 0 radical (unpaired) electrons. The number of rotatable bonds is 8. The lowest BCUT2D eigenvalue weighted by Crippen LogP contribution is -2.47. The highest BCUT2D eigenvalue weighted by atomic mass is 32.2. The van der Waals surface area contributed by atoms with Gasteiger partial charge < -0.3 is 5.11 Å². The van der Waals surface area contributed by atoms with Gasteiger partial charge in [-0.1, -0.05) is 13.8 Å². The van der Waals surface area contributed by atoms with Crippen LogP contribution in [-0.2, 0) is 15.0 Å². The highest BCUT2D eigenvalue weighted by molar-refractivity contribution is 7.87. The third-order valence-corrected chi connectivity index (χ3v) is 3.68. The van der Waals surface area contributed by atoms with Crippen LogP contribution in [0.5, 0.6) is 0 Å². The van der Waals surface area contributed by atoms with Gasteiger partial charge in [-0.05, 0) is 19.8 Å². The fourth-order valence-electron chi connectivity index (χ4n) is 1.20. The van der Waals surface area contributed by atoms with E-state index >= 15 is 0 Å². The van der Waals surface area contributed by atoms with Gasteiger partial charge in [0.1, 0.15) is 6.04 Å². The number of hydrogen-bond donors (Lipinski definition) is 2. The topological polar surface area (TPSA) is 86.7 Å². The summed E-state index contributed by atoms with van der Waals surface area (Å²) in [6.07, 6.45) is 1.39. The van der Waals surface area contributed by atoms with Crippen LogP contribution in [0.25, 0.3) is 0 Å². The first-order valence-electron chi connectivity index (χ1n) is 5.35. The van der Waals surface area contributed by atoms with Gasteiger partial charge in [-0.2, -0.15) is 17.4 Å². The summed E-state index contributed by atoms with van der Waals surface area (Å²) in [5.41, 5.74) is 0. The van der Waals surface area contributed by atoms with E-state index in [1.54, 1.807) is 0 Å². The highest BCUT2D eigenvalue weighted by Crippen LogP contribution is 2.02. The van der Waals surface area contributed by atoms with Gasteiger partial charge in [-0.3, -0.25) is 4.79 Å². The zero-order valence-electron chi connectivity index (χ0n) is 9.93. The molecule has 0 aromatic heterocycles. The first-order chi connectivity index (χ1) is 7.35. The van der Waals surface area contributed by atoms with E-state index in [4.69, 9.17) is 5.11 Å². The predicted molar refractivity (Wildman–Crippen MR) is 61.3 cm³/mol. The van der Waals surface area contributed by atoms with Crippen molar-refractivity contribution in [2.75, 3.05) is 13.1 Å². The summed E-state index contributed by atoms with van der Waals surface area (Å²) >= 11 is 0. The molecule has 0 fully saturated rings.